The molecular weight excluding hydrogens is 304 g/mol. The van der Waals surface area contributed by atoms with Crippen LogP contribution in [-0.2, 0) is 14.3 Å². The van der Waals surface area contributed by atoms with Crippen LogP contribution in [0.15, 0.2) is 0 Å². The number of ether oxygens (including phenoxy) is 1. The molecule has 0 spiro atoms. The molecule has 24 heavy (non-hydrogen) atoms. The molecule has 0 bridgehead atoms. The van der Waals surface area contributed by atoms with Crippen molar-refractivity contribution in [2.75, 3.05) is 32.8 Å². The second-order valence-electron chi connectivity index (χ2n) is 7.20. The molecule has 0 aliphatic carbocycles. The molecule has 0 aromatic carbocycles. The van der Waals surface area contributed by atoms with E-state index in [2.05, 4.69) is 6.92 Å². The largest absolute Gasteiger partial charge is 0.376 e. The zero-order valence-corrected chi connectivity index (χ0v) is 15.5. The van der Waals surface area contributed by atoms with Gasteiger partial charge in [-0.15, -0.1) is 0 Å². The number of piperidine rings is 1. The second-order valence-corrected chi connectivity index (χ2v) is 7.20. The predicted molar refractivity (Wildman–Crippen MR) is 94.7 cm³/mol. The van der Waals surface area contributed by atoms with E-state index in [9.17, 15) is 9.59 Å². The summed E-state index contributed by atoms with van der Waals surface area (Å²) in [6, 6.07) is 0. The molecule has 2 saturated heterocycles. The average molecular weight is 338 g/mol. The van der Waals surface area contributed by atoms with Crippen molar-refractivity contribution in [2.45, 2.75) is 71.3 Å². The Labute approximate surface area is 146 Å². The summed E-state index contributed by atoms with van der Waals surface area (Å²) < 4.78 is 5.83. The van der Waals surface area contributed by atoms with Crippen LogP contribution in [-0.4, -0.2) is 60.5 Å². The molecule has 2 atom stereocenters. The van der Waals surface area contributed by atoms with Gasteiger partial charge in [0, 0.05) is 39.2 Å². The van der Waals surface area contributed by atoms with Crippen LogP contribution in [0.2, 0.25) is 0 Å². The normalized spacial score (nSPS) is 24.7. The van der Waals surface area contributed by atoms with Gasteiger partial charge in [0.15, 0.2) is 0 Å². The number of carbonyl (C=O) groups excluding carboxylic acids is 2. The van der Waals surface area contributed by atoms with Crippen molar-refractivity contribution in [3.63, 3.8) is 0 Å². The predicted octanol–water partition coefficient (Wildman–Crippen LogP) is 2.83. The minimum Gasteiger partial charge on any atom is -0.376 e. The lowest BCUT2D eigenvalue weighted by Gasteiger charge is -2.36. The number of amides is 2. The van der Waals surface area contributed by atoms with E-state index in [1.165, 1.54) is 6.42 Å². The minimum absolute atomic E-state index is 0.0327. The van der Waals surface area contributed by atoms with Crippen LogP contribution in [0, 0.1) is 5.92 Å². The topological polar surface area (TPSA) is 49.9 Å². The number of carbonyl (C=O) groups is 2. The Balaban J connectivity index is 1.93. The fourth-order valence-corrected chi connectivity index (χ4v) is 3.79. The molecule has 5 heteroatoms. The maximum Gasteiger partial charge on any atom is 0.227 e. The van der Waals surface area contributed by atoms with Crippen LogP contribution in [0.5, 0.6) is 0 Å². The summed E-state index contributed by atoms with van der Waals surface area (Å²) in [6.45, 7) is 7.87. The smallest absolute Gasteiger partial charge is 0.227 e. The molecule has 0 aromatic rings. The molecule has 2 aliphatic heterocycles. The Morgan fingerprint density at radius 1 is 1.12 bits per heavy atom. The third-order valence-corrected chi connectivity index (χ3v) is 5.09. The molecule has 0 N–H and O–H groups in total. The summed E-state index contributed by atoms with van der Waals surface area (Å²) in [7, 11) is 0. The van der Waals surface area contributed by atoms with E-state index in [0.29, 0.717) is 19.5 Å². The van der Waals surface area contributed by atoms with Gasteiger partial charge in [-0.3, -0.25) is 9.59 Å². The standard InChI is InChI=1S/C19H34N2O3/c1-3-8-18(22)20-12-7-9-16(14-20)19(23)21(11-4-2)15-17-10-5-6-13-24-17/h16-17H,3-15H2,1-2H3/t16-,17-/m1/s1. The molecule has 2 aliphatic rings. The van der Waals surface area contributed by atoms with Crippen LogP contribution in [0.25, 0.3) is 0 Å². The minimum atomic E-state index is -0.0327. The number of likely N-dealkylation sites (tertiary alicyclic amines) is 1. The highest BCUT2D eigenvalue weighted by molar-refractivity contribution is 5.81. The summed E-state index contributed by atoms with van der Waals surface area (Å²) in [6.07, 6.45) is 7.84. The molecule has 5 nitrogen and oxygen atoms in total. The number of rotatable bonds is 7. The van der Waals surface area contributed by atoms with Gasteiger partial charge in [-0.05, 0) is 44.9 Å². The SMILES string of the molecule is CCCC(=O)N1CCC[C@@H](C(=O)N(CCC)C[C@H]2CCCCO2)C1. The van der Waals surface area contributed by atoms with Crippen molar-refractivity contribution in [3.05, 3.63) is 0 Å². The lowest BCUT2D eigenvalue weighted by atomic mass is 9.95. The van der Waals surface area contributed by atoms with Crippen LogP contribution in [0.3, 0.4) is 0 Å². The lowest BCUT2D eigenvalue weighted by Crippen LogP contribution is -2.49. The first-order chi connectivity index (χ1) is 11.7. The van der Waals surface area contributed by atoms with Gasteiger partial charge < -0.3 is 14.5 Å². The molecule has 0 saturated carbocycles. The summed E-state index contributed by atoms with van der Waals surface area (Å²) in [4.78, 5) is 29.1. The molecule has 2 amide bonds. The highest BCUT2D eigenvalue weighted by Gasteiger charge is 2.32. The van der Waals surface area contributed by atoms with E-state index in [-0.39, 0.29) is 23.8 Å². The summed E-state index contributed by atoms with van der Waals surface area (Å²) in [5.74, 6) is 0.391. The van der Waals surface area contributed by atoms with Crippen molar-refractivity contribution in [1.82, 2.24) is 9.80 Å². The van der Waals surface area contributed by atoms with E-state index in [0.717, 1.165) is 58.2 Å². The molecule has 0 radical (unpaired) electrons. The van der Waals surface area contributed by atoms with Crippen LogP contribution in [0.1, 0.15) is 65.2 Å². The molecule has 2 fully saturated rings. The maximum atomic E-state index is 13.0. The van der Waals surface area contributed by atoms with E-state index in [4.69, 9.17) is 4.74 Å². The van der Waals surface area contributed by atoms with Gasteiger partial charge in [-0.1, -0.05) is 13.8 Å². The fraction of sp³-hybridized carbons (Fsp3) is 0.895. The zero-order chi connectivity index (χ0) is 17.4. The number of hydrogen-bond donors (Lipinski definition) is 0. The molecular formula is C19H34N2O3. The molecule has 2 rings (SSSR count). The summed E-state index contributed by atoms with van der Waals surface area (Å²) in [5.41, 5.74) is 0. The van der Waals surface area contributed by atoms with Gasteiger partial charge in [-0.25, -0.2) is 0 Å². The number of hydrogen-bond acceptors (Lipinski definition) is 3. The van der Waals surface area contributed by atoms with Gasteiger partial charge in [0.1, 0.15) is 0 Å². The van der Waals surface area contributed by atoms with Gasteiger partial charge >= 0.3 is 0 Å². The van der Waals surface area contributed by atoms with E-state index < -0.39 is 0 Å². The van der Waals surface area contributed by atoms with Gasteiger partial charge in [-0.2, -0.15) is 0 Å². The Morgan fingerprint density at radius 3 is 2.62 bits per heavy atom. The first-order valence-electron chi connectivity index (χ1n) is 9.83. The average Bonchev–Trinajstić information content (AvgIpc) is 2.62. The third kappa shape index (κ3) is 5.47. The number of nitrogens with zero attached hydrogens (tertiary/aromatic N) is 2. The van der Waals surface area contributed by atoms with Gasteiger partial charge in [0.2, 0.25) is 11.8 Å². The Bertz CT molecular complexity index is 407. The van der Waals surface area contributed by atoms with E-state index in [1.54, 1.807) is 0 Å². The third-order valence-electron chi connectivity index (χ3n) is 5.09. The van der Waals surface area contributed by atoms with Crippen molar-refractivity contribution in [1.29, 1.82) is 0 Å². The molecule has 0 unspecified atom stereocenters. The Hall–Kier alpha value is -1.10. The van der Waals surface area contributed by atoms with Crippen LogP contribution < -0.4 is 0 Å². The maximum absolute atomic E-state index is 13.0. The highest BCUT2D eigenvalue weighted by atomic mass is 16.5. The quantitative estimate of drug-likeness (QED) is 0.717. The Kier molecular flexibility index (Phi) is 8.03. The van der Waals surface area contributed by atoms with Crippen molar-refractivity contribution >= 4 is 11.8 Å². The molecule has 0 aromatic heterocycles. The first-order valence-corrected chi connectivity index (χ1v) is 9.83. The molecule has 2 heterocycles. The fourth-order valence-electron chi connectivity index (χ4n) is 3.79. The monoisotopic (exact) mass is 338 g/mol. The van der Waals surface area contributed by atoms with Crippen molar-refractivity contribution in [2.24, 2.45) is 5.92 Å². The van der Waals surface area contributed by atoms with Crippen molar-refractivity contribution in [3.8, 4) is 0 Å². The van der Waals surface area contributed by atoms with Gasteiger partial charge in [0.05, 0.1) is 12.0 Å². The van der Waals surface area contributed by atoms with Crippen molar-refractivity contribution < 1.29 is 14.3 Å². The van der Waals surface area contributed by atoms with E-state index >= 15 is 0 Å². The Morgan fingerprint density at radius 2 is 1.96 bits per heavy atom. The second kappa shape index (κ2) is 10.0. The van der Waals surface area contributed by atoms with Crippen LogP contribution >= 0.6 is 0 Å². The van der Waals surface area contributed by atoms with E-state index in [1.807, 2.05) is 16.7 Å². The molecule has 138 valence electrons. The first kappa shape index (κ1) is 19.2. The lowest BCUT2D eigenvalue weighted by molar-refractivity contribution is -0.143. The summed E-state index contributed by atoms with van der Waals surface area (Å²) in [5, 5.41) is 0. The van der Waals surface area contributed by atoms with Gasteiger partial charge in [0.25, 0.3) is 0 Å². The summed E-state index contributed by atoms with van der Waals surface area (Å²) >= 11 is 0. The highest BCUT2D eigenvalue weighted by Crippen LogP contribution is 2.22. The van der Waals surface area contributed by atoms with Crippen LogP contribution in [0.4, 0.5) is 0 Å². The zero-order valence-electron chi connectivity index (χ0n) is 15.5.